The van der Waals surface area contributed by atoms with E-state index in [0.29, 0.717) is 0 Å². The molecule has 0 aliphatic carbocycles. The predicted molar refractivity (Wildman–Crippen MR) is 105 cm³/mol. The summed E-state index contributed by atoms with van der Waals surface area (Å²) in [4.78, 5) is 2.70. The van der Waals surface area contributed by atoms with Crippen molar-refractivity contribution in [2.45, 2.75) is 58.4 Å². The number of unbranched alkanes of at least 4 members (excludes halogenated alkanes) is 1. The van der Waals surface area contributed by atoms with Gasteiger partial charge in [0.2, 0.25) is 0 Å². The third-order valence-corrected chi connectivity index (χ3v) is 5.02. The predicted octanol–water partition coefficient (Wildman–Crippen LogP) is 5.74. The second-order valence-corrected chi connectivity index (χ2v) is 7.37. The van der Waals surface area contributed by atoms with Crippen LogP contribution < -0.4 is 0 Å². The van der Waals surface area contributed by atoms with Crippen LogP contribution in [-0.2, 0) is 12.8 Å². The van der Waals surface area contributed by atoms with Gasteiger partial charge in [-0.3, -0.25) is 4.90 Å². The summed E-state index contributed by atoms with van der Waals surface area (Å²) in [7, 11) is 0. The van der Waals surface area contributed by atoms with Crippen LogP contribution in [0.15, 0.2) is 60.7 Å². The summed E-state index contributed by atoms with van der Waals surface area (Å²) in [6.45, 7) is 9.38. The van der Waals surface area contributed by atoms with Gasteiger partial charge in [-0.05, 0) is 44.2 Å². The van der Waals surface area contributed by atoms with Crippen molar-refractivity contribution >= 4 is 0 Å². The lowest BCUT2D eigenvalue weighted by atomic mass is 9.93. The lowest BCUT2D eigenvalue weighted by Crippen LogP contribution is -2.46. The van der Waals surface area contributed by atoms with Gasteiger partial charge in [-0.2, -0.15) is 0 Å². The molecule has 0 aromatic heterocycles. The van der Waals surface area contributed by atoms with E-state index in [2.05, 4.69) is 86.3 Å². The average molecular weight is 324 g/mol. The largest absolute Gasteiger partial charge is 0.298 e. The summed E-state index contributed by atoms with van der Waals surface area (Å²) in [5.41, 5.74) is 3.14. The maximum atomic E-state index is 2.70. The topological polar surface area (TPSA) is 3.24 Å². The van der Waals surface area contributed by atoms with Crippen LogP contribution >= 0.6 is 0 Å². The van der Waals surface area contributed by atoms with Gasteiger partial charge < -0.3 is 0 Å². The molecule has 0 bridgehead atoms. The van der Waals surface area contributed by atoms with E-state index in [1.807, 2.05) is 0 Å². The molecule has 0 amide bonds. The SMILES string of the molecule is CCCCC(C)(C)N(CCc1ccccc1)CCc1ccccc1. The van der Waals surface area contributed by atoms with E-state index in [9.17, 15) is 0 Å². The molecule has 0 fully saturated rings. The Morgan fingerprint density at radius 3 is 1.62 bits per heavy atom. The first kappa shape index (κ1) is 18.7. The van der Waals surface area contributed by atoms with Crippen molar-refractivity contribution in [3.05, 3.63) is 71.8 Å². The van der Waals surface area contributed by atoms with Crippen molar-refractivity contribution < 1.29 is 0 Å². The van der Waals surface area contributed by atoms with Crippen LogP contribution in [0.4, 0.5) is 0 Å². The minimum atomic E-state index is 0.263. The van der Waals surface area contributed by atoms with Gasteiger partial charge in [0, 0.05) is 18.6 Å². The minimum absolute atomic E-state index is 0.263. The Hall–Kier alpha value is -1.60. The van der Waals surface area contributed by atoms with Crippen molar-refractivity contribution in [2.24, 2.45) is 0 Å². The minimum Gasteiger partial charge on any atom is -0.298 e. The van der Waals surface area contributed by atoms with Crippen LogP contribution in [0.25, 0.3) is 0 Å². The molecule has 0 aliphatic rings. The van der Waals surface area contributed by atoms with Crippen LogP contribution in [-0.4, -0.2) is 23.5 Å². The molecule has 2 aromatic carbocycles. The van der Waals surface area contributed by atoms with Gasteiger partial charge in [-0.1, -0.05) is 80.4 Å². The Morgan fingerprint density at radius 2 is 1.21 bits per heavy atom. The van der Waals surface area contributed by atoms with Crippen molar-refractivity contribution in [1.82, 2.24) is 4.90 Å². The molecule has 0 spiro atoms. The number of nitrogens with zero attached hydrogens (tertiary/aromatic N) is 1. The Labute approximate surface area is 148 Å². The first-order chi connectivity index (χ1) is 11.6. The quantitative estimate of drug-likeness (QED) is 0.538. The molecule has 0 radical (unpaired) electrons. The molecule has 2 aromatic rings. The molecule has 0 saturated carbocycles. The number of hydrogen-bond acceptors (Lipinski definition) is 1. The molecule has 0 saturated heterocycles. The molecule has 2 rings (SSSR count). The first-order valence-corrected chi connectivity index (χ1v) is 9.45. The summed E-state index contributed by atoms with van der Waals surface area (Å²) in [5, 5.41) is 0. The van der Waals surface area contributed by atoms with Crippen molar-refractivity contribution in [3.63, 3.8) is 0 Å². The van der Waals surface area contributed by atoms with Gasteiger partial charge in [-0.25, -0.2) is 0 Å². The molecule has 130 valence electrons. The highest BCUT2D eigenvalue weighted by atomic mass is 15.2. The van der Waals surface area contributed by atoms with Gasteiger partial charge in [-0.15, -0.1) is 0 Å². The Balaban J connectivity index is 1.99. The molecular weight excluding hydrogens is 290 g/mol. The maximum Gasteiger partial charge on any atom is 0.0153 e. The highest BCUT2D eigenvalue weighted by Gasteiger charge is 2.25. The summed E-state index contributed by atoms with van der Waals surface area (Å²) in [6, 6.07) is 21.8. The summed E-state index contributed by atoms with van der Waals surface area (Å²) >= 11 is 0. The zero-order valence-electron chi connectivity index (χ0n) is 15.7. The fourth-order valence-electron chi connectivity index (χ4n) is 3.30. The molecule has 1 heteroatoms. The lowest BCUT2D eigenvalue weighted by molar-refractivity contribution is 0.111. The van der Waals surface area contributed by atoms with Gasteiger partial charge in [0.25, 0.3) is 0 Å². The Kier molecular flexibility index (Phi) is 7.52. The fraction of sp³-hybridized carbons (Fsp3) is 0.478. The second-order valence-electron chi connectivity index (χ2n) is 7.37. The highest BCUT2D eigenvalue weighted by Crippen LogP contribution is 2.23. The van der Waals surface area contributed by atoms with E-state index in [1.54, 1.807) is 0 Å². The Bertz CT molecular complexity index is 516. The van der Waals surface area contributed by atoms with Crippen molar-refractivity contribution in [1.29, 1.82) is 0 Å². The number of benzene rings is 2. The monoisotopic (exact) mass is 323 g/mol. The number of rotatable bonds is 10. The van der Waals surface area contributed by atoms with Crippen molar-refractivity contribution in [3.8, 4) is 0 Å². The van der Waals surface area contributed by atoms with E-state index >= 15 is 0 Å². The fourth-order valence-corrected chi connectivity index (χ4v) is 3.30. The third kappa shape index (κ3) is 6.13. The van der Waals surface area contributed by atoms with Gasteiger partial charge in [0.15, 0.2) is 0 Å². The van der Waals surface area contributed by atoms with Gasteiger partial charge in [0.05, 0.1) is 0 Å². The molecule has 0 unspecified atom stereocenters. The zero-order chi connectivity index (χ0) is 17.3. The highest BCUT2D eigenvalue weighted by molar-refractivity contribution is 5.16. The first-order valence-electron chi connectivity index (χ1n) is 9.45. The van der Waals surface area contributed by atoms with Crippen molar-refractivity contribution in [2.75, 3.05) is 13.1 Å². The van der Waals surface area contributed by atoms with E-state index in [1.165, 1.54) is 30.4 Å². The lowest BCUT2D eigenvalue weighted by Gasteiger charge is -2.39. The maximum absolute atomic E-state index is 2.70. The van der Waals surface area contributed by atoms with E-state index in [-0.39, 0.29) is 5.54 Å². The normalized spacial score (nSPS) is 11.8. The van der Waals surface area contributed by atoms with E-state index < -0.39 is 0 Å². The van der Waals surface area contributed by atoms with Gasteiger partial charge >= 0.3 is 0 Å². The molecule has 0 atom stereocenters. The van der Waals surface area contributed by atoms with Gasteiger partial charge in [0.1, 0.15) is 0 Å². The summed E-state index contributed by atoms with van der Waals surface area (Å²) in [5.74, 6) is 0. The van der Waals surface area contributed by atoms with Crippen LogP contribution in [0.3, 0.4) is 0 Å². The van der Waals surface area contributed by atoms with E-state index in [0.717, 1.165) is 25.9 Å². The molecule has 0 aliphatic heterocycles. The molecule has 24 heavy (non-hydrogen) atoms. The molecular formula is C23H33N. The molecule has 0 N–H and O–H groups in total. The zero-order valence-corrected chi connectivity index (χ0v) is 15.7. The number of hydrogen-bond donors (Lipinski definition) is 0. The second kappa shape index (κ2) is 9.64. The summed E-state index contributed by atoms with van der Waals surface area (Å²) < 4.78 is 0. The molecule has 0 heterocycles. The Morgan fingerprint density at radius 1 is 0.750 bits per heavy atom. The van der Waals surface area contributed by atoms with Crippen LogP contribution in [0.2, 0.25) is 0 Å². The van der Waals surface area contributed by atoms with Crippen LogP contribution in [0.5, 0.6) is 0 Å². The smallest absolute Gasteiger partial charge is 0.0153 e. The molecule has 1 nitrogen and oxygen atoms in total. The third-order valence-electron chi connectivity index (χ3n) is 5.02. The standard InChI is InChI=1S/C23H33N/c1-4-5-18-23(2,3)24(19-16-21-12-8-6-9-13-21)20-17-22-14-10-7-11-15-22/h6-15H,4-5,16-20H2,1-3H3. The summed E-state index contributed by atoms with van der Waals surface area (Å²) in [6.07, 6.45) is 6.11. The van der Waals surface area contributed by atoms with Crippen LogP contribution in [0, 0.1) is 0 Å². The van der Waals surface area contributed by atoms with Crippen LogP contribution in [0.1, 0.15) is 51.2 Å². The average Bonchev–Trinajstić information content (AvgIpc) is 2.61. The van der Waals surface area contributed by atoms with E-state index in [4.69, 9.17) is 0 Å².